The summed E-state index contributed by atoms with van der Waals surface area (Å²) in [6.07, 6.45) is 0.0892. The van der Waals surface area contributed by atoms with Crippen LogP contribution in [0.25, 0.3) is 0 Å². The molecule has 1 saturated heterocycles. The molecule has 1 atom stereocenters. The number of para-hydroxylation sites is 1. The lowest BCUT2D eigenvalue weighted by Gasteiger charge is -2.18. The van der Waals surface area contributed by atoms with Crippen molar-refractivity contribution in [2.24, 2.45) is 0 Å². The summed E-state index contributed by atoms with van der Waals surface area (Å²) in [6, 6.07) is 13.2. The van der Waals surface area contributed by atoms with Crippen molar-refractivity contribution in [2.45, 2.75) is 19.4 Å². The van der Waals surface area contributed by atoms with Crippen molar-refractivity contribution in [3.63, 3.8) is 0 Å². The number of rotatable bonds is 4. The molecule has 128 valence electrons. The molecule has 0 aliphatic carbocycles. The summed E-state index contributed by atoms with van der Waals surface area (Å²) in [5.41, 5.74) is 2.56. The van der Waals surface area contributed by atoms with Crippen molar-refractivity contribution < 1.29 is 19.1 Å². The van der Waals surface area contributed by atoms with E-state index in [2.05, 4.69) is 10.1 Å². The van der Waals surface area contributed by atoms with Crippen molar-refractivity contribution in [1.29, 1.82) is 0 Å². The van der Waals surface area contributed by atoms with Gasteiger partial charge in [-0.1, -0.05) is 18.2 Å². The van der Waals surface area contributed by atoms with Crippen molar-refractivity contribution in [2.75, 3.05) is 17.3 Å². The van der Waals surface area contributed by atoms with E-state index in [9.17, 15) is 14.4 Å². The maximum absolute atomic E-state index is 12.7. The lowest BCUT2D eigenvalue weighted by molar-refractivity contribution is -0.121. The van der Waals surface area contributed by atoms with Crippen LogP contribution in [0.15, 0.2) is 48.5 Å². The standard InChI is InChI=1S/C19H18N2O4/c1-12-5-3-4-6-16(12)21-17(22)11-15(18(21)23)20-14-9-7-13(8-10-14)19(24)25-2/h3-10,15,20H,11H2,1-2H3/t15-/m1/s1. The Kier molecular flexibility index (Phi) is 4.52. The first-order chi connectivity index (χ1) is 12.0. The molecule has 0 radical (unpaired) electrons. The molecule has 0 spiro atoms. The van der Waals surface area contributed by atoms with Gasteiger partial charge in [0.1, 0.15) is 6.04 Å². The molecular weight excluding hydrogens is 320 g/mol. The SMILES string of the molecule is COC(=O)c1ccc(N[C@@H]2CC(=O)N(c3ccccc3C)C2=O)cc1. The van der Waals surface area contributed by atoms with Crippen LogP contribution in [0.5, 0.6) is 0 Å². The zero-order valence-corrected chi connectivity index (χ0v) is 14.0. The van der Waals surface area contributed by atoms with Gasteiger partial charge < -0.3 is 10.1 Å². The van der Waals surface area contributed by atoms with E-state index in [1.165, 1.54) is 12.0 Å². The number of anilines is 2. The molecule has 6 nitrogen and oxygen atoms in total. The fraction of sp³-hybridized carbons (Fsp3) is 0.211. The second-order valence-electron chi connectivity index (χ2n) is 5.82. The van der Waals surface area contributed by atoms with E-state index in [4.69, 9.17) is 0 Å². The molecule has 0 unspecified atom stereocenters. The summed E-state index contributed by atoms with van der Waals surface area (Å²) in [6.45, 7) is 1.86. The van der Waals surface area contributed by atoms with Crippen LogP contribution in [0.4, 0.5) is 11.4 Å². The number of carbonyl (C=O) groups is 3. The number of esters is 1. The van der Waals surface area contributed by atoms with Crippen LogP contribution >= 0.6 is 0 Å². The van der Waals surface area contributed by atoms with Gasteiger partial charge in [0.2, 0.25) is 5.91 Å². The highest BCUT2D eigenvalue weighted by atomic mass is 16.5. The summed E-state index contributed by atoms with van der Waals surface area (Å²) in [5, 5.41) is 3.06. The van der Waals surface area contributed by atoms with E-state index >= 15 is 0 Å². The Morgan fingerprint density at radius 2 is 1.80 bits per heavy atom. The third-order valence-electron chi connectivity index (χ3n) is 4.15. The van der Waals surface area contributed by atoms with Crippen LogP contribution in [0.1, 0.15) is 22.3 Å². The smallest absolute Gasteiger partial charge is 0.337 e. The zero-order chi connectivity index (χ0) is 18.0. The molecular formula is C19H18N2O4. The van der Waals surface area contributed by atoms with E-state index in [0.717, 1.165) is 5.56 Å². The molecule has 0 aromatic heterocycles. The highest BCUT2D eigenvalue weighted by molar-refractivity contribution is 6.23. The quantitative estimate of drug-likeness (QED) is 0.685. The number of aryl methyl sites for hydroxylation is 1. The van der Waals surface area contributed by atoms with Crippen LogP contribution in [0.2, 0.25) is 0 Å². The van der Waals surface area contributed by atoms with Crippen molar-refractivity contribution >= 4 is 29.2 Å². The first kappa shape index (κ1) is 16.7. The number of imide groups is 1. The van der Waals surface area contributed by atoms with Gasteiger partial charge in [0, 0.05) is 5.69 Å². The van der Waals surface area contributed by atoms with Gasteiger partial charge in [-0.05, 0) is 42.8 Å². The molecule has 6 heteroatoms. The summed E-state index contributed by atoms with van der Waals surface area (Å²) in [4.78, 5) is 37.7. The number of benzene rings is 2. The van der Waals surface area contributed by atoms with Gasteiger partial charge in [-0.25, -0.2) is 9.69 Å². The highest BCUT2D eigenvalue weighted by Gasteiger charge is 2.40. The molecule has 2 aromatic rings. The van der Waals surface area contributed by atoms with Crippen molar-refractivity contribution in [3.8, 4) is 0 Å². The number of nitrogens with zero attached hydrogens (tertiary/aromatic N) is 1. The fourth-order valence-electron chi connectivity index (χ4n) is 2.83. The molecule has 1 heterocycles. The predicted molar refractivity (Wildman–Crippen MR) is 93.5 cm³/mol. The third-order valence-corrected chi connectivity index (χ3v) is 4.15. The van der Waals surface area contributed by atoms with Crippen LogP contribution in [0.3, 0.4) is 0 Å². The lowest BCUT2D eigenvalue weighted by Crippen LogP contribution is -2.35. The Morgan fingerprint density at radius 1 is 1.12 bits per heavy atom. The van der Waals surface area contributed by atoms with Crippen molar-refractivity contribution in [1.82, 2.24) is 0 Å². The monoisotopic (exact) mass is 338 g/mol. The topological polar surface area (TPSA) is 75.7 Å². The average molecular weight is 338 g/mol. The highest BCUT2D eigenvalue weighted by Crippen LogP contribution is 2.27. The second kappa shape index (κ2) is 6.76. The summed E-state index contributed by atoms with van der Waals surface area (Å²) in [5.74, 6) is -0.941. The van der Waals surface area contributed by atoms with E-state index in [0.29, 0.717) is 16.9 Å². The number of carbonyl (C=O) groups excluding carboxylic acids is 3. The molecule has 1 N–H and O–H groups in total. The predicted octanol–water partition coefficient (Wildman–Crippen LogP) is 2.53. The Labute approximate surface area is 145 Å². The summed E-state index contributed by atoms with van der Waals surface area (Å²) < 4.78 is 4.65. The van der Waals surface area contributed by atoms with Gasteiger partial charge in [0.25, 0.3) is 5.91 Å². The Bertz CT molecular complexity index is 830. The molecule has 1 aliphatic rings. The lowest BCUT2D eigenvalue weighted by atomic mass is 10.1. The number of ether oxygens (including phenoxy) is 1. The molecule has 2 aromatic carbocycles. The minimum Gasteiger partial charge on any atom is -0.465 e. The molecule has 2 amide bonds. The first-order valence-electron chi connectivity index (χ1n) is 7.88. The molecule has 25 heavy (non-hydrogen) atoms. The maximum Gasteiger partial charge on any atom is 0.337 e. The van der Waals surface area contributed by atoms with Crippen LogP contribution in [-0.2, 0) is 14.3 Å². The van der Waals surface area contributed by atoms with Gasteiger partial charge >= 0.3 is 5.97 Å². The first-order valence-corrected chi connectivity index (χ1v) is 7.88. The van der Waals surface area contributed by atoms with Gasteiger partial charge in [-0.3, -0.25) is 9.59 Å². The molecule has 0 bridgehead atoms. The normalized spacial score (nSPS) is 16.9. The number of amides is 2. The second-order valence-corrected chi connectivity index (χ2v) is 5.82. The molecule has 3 rings (SSSR count). The fourth-order valence-corrected chi connectivity index (χ4v) is 2.83. The Balaban J connectivity index is 1.77. The van der Waals surface area contributed by atoms with Gasteiger partial charge in [0.15, 0.2) is 0 Å². The van der Waals surface area contributed by atoms with Crippen LogP contribution in [0, 0.1) is 6.92 Å². The average Bonchev–Trinajstić information content (AvgIpc) is 2.89. The van der Waals surface area contributed by atoms with Gasteiger partial charge in [0.05, 0.1) is 24.8 Å². The van der Waals surface area contributed by atoms with Crippen LogP contribution < -0.4 is 10.2 Å². The number of nitrogens with one attached hydrogen (secondary N) is 1. The van der Waals surface area contributed by atoms with Crippen molar-refractivity contribution in [3.05, 3.63) is 59.7 Å². The van der Waals surface area contributed by atoms with E-state index in [-0.39, 0.29) is 18.2 Å². The largest absolute Gasteiger partial charge is 0.465 e. The number of hydrogen-bond donors (Lipinski definition) is 1. The molecule has 1 fully saturated rings. The van der Waals surface area contributed by atoms with E-state index < -0.39 is 12.0 Å². The maximum atomic E-state index is 12.7. The molecule has 0 saturated carbocycles. The van der Waals surface area contributed by atoms with Gasteiger partial charge in [-0.15, -0.1) is 0 Å². The number of methoxy groups -OCH3 is 1. The minimum atomic E-state index is -0.629. The van der Waals surface area contributed by atoms with Gasteiger partial charge in [-0.2, -0.15) is 0 Å². The van der Waals surface area contributed by atoms with E-state index in [1.807, 2.05) is 19.1 Å². The van der Waals surface area contributed by atoms with E-state index in [1.54, 1.807) is 36.4 Å². The summed E-state index contributed by atoms with van der Waals surface area (Å²) >= 11 is 0. The Hall–Kier alpha value is -3.15. The Morgan fingerprint density at radius 3 is 2.44 bits per heavy atom. The minimum absolute atomic E-state index is 0.0892. The van der Waals surface area contributed by atoms with Crippen LogP contribution in [-0.4, -0.2) is 30.9 Å². The zero-order valence-electron chi connectivity index (χ0n) is 14.0. The third kappa shape index (κ3) is 3.24. The number of hydrogen-bond acceptors (Lipinski definition) is 5. The molecule has 1 aliphatic heterocycles. The summed E-state index contributed by atoms with van der Waals surface area (Å²) in [7, 11) is 1.32.